The van der Waals surface area contributed by atoms with Crippen LogP contribution in [0.4, 0.5) is 0 Å². The van der Waals surface area contributed by atoms with Crippen LogP contribution in [0.25, 0.3) is 0 Å². The summed E-state index contributed by atoms with van der Waals surface area (Å²) in [4.78, 5) is 12.0. The Kier molecular flexibility index (Phi) is 4.46. The zero-order valence-corrected chi connectivity index (χ0v) is 11.6. The van der Waals surface area contributed by atoms with Gasteiger partial charge in [0.15, 0.2) is 5.78 Å². The maximum absolute atomic E-state index is 12.0. The molecule has 0 amide bonds. The Morgan fingerprint density at radius 2 is 1.79 bits per heavy atom. The molecular formula is C15H12Cl2O2. The van der Waals surface area contributed by atoms with Crippen molar-refractivity contribution in [2.45, 2.75) is 12.8 Å². The van der Waals surface area contributed by atoms with Crippen LogP contribution in [0.2, 0.25) is 10.0 Å². The smallest absolute Gasteiger partial charge is 0.166 e. The summed E-state index contributed by atoms with van der Waals surface area (Å²) >= 11 is 11.7. The molecule has 0 aliphatic heterocycles. The molecule has 0 heterocycles. The standard InChI is InChI=1S/C15H12Cl2O2/c16-12-7-5-10(9-13(12)17)6-8-15(19)11-3-1-2-4-14(11)18/h1-5,7,9,18H,6,8H2. The number of phenolic OH excluding ortho intramolecular Hbond substituents is 1. The number of carbonyl (C=O) groups excluding carboxylic acids is 1. The molecule has 0 atom stereocenters. The number of carbonyl (C=O) groups is 1. The molecule has 0 aromatic heterocycles. The van der Waals surface area contributed by atoms with E-state index in [2.05, 4.69) is 0 Å². The van der Waals surface area contributed by atoms with Crippen LogP contribution in [0.5, 0.6) is 5.75 Å². The van der Waals surface area contributed by atoms with E-state index in [9.17, 15) is 9.90 Å². The van der Waals surface area contributed by atoms with Crippen molar-refractivity contribution in [3.05, 3.63) is 63.6 Å². The van der Waals surface area contributed by atoms with Crippen LogP contribution in [-0.2, 0) is 6.42 Å². The molecule has 1 N–H and O–H groups in total. The number of aromatic hydroxyl groups is 1. The number of rotatable bonds is 4. The lowest BCUT2D eigenvalue weighted by Crippen LogP contribution is -2.01. The second-order valence-corrected chi connectivity index (χ2v) is 5.00. The summed E-state index contributed by atoms with van der Waals surface area (Å²) in [6.07, 6.45) is 0.875. The SMILES string of the molecule is O=C(CCc1ccc(Cl)c(Cl)c1)c1ccccc1O. The van der Waals surface area contributed by atoms with Gasteiger partial charge in [0.25, 0.3) is 0 Å². The summed E-state index contributed by atoms with van der Waals surface area (Å²) < 4.78 is 0. The number of aryl methyl sites for hydroxylation is 1. The van der Waals surface area contributed by atoms with Crippen LogP contribution in [0.15, 0.2) is 42.5 Å². The highest BCUT2D eigenvalue weighted by molar-refractivity contribution is 6.42. The van der Waals surface area contributed by atoms with Crippen molar-refractivity contribution in [1.29, 1.82) is 0 Å². The van der Waals surface area contributed by atoms with Gasteiger partial charge in [-0.1, -0.05) is 41.4 Å². The predicted molar refractivity (Wildman–Crippen MR) is 77.2 cm³/mol. The van der Waals surface area contributed by atoms with Crippen molar-refractivity contribution in [3.8, 4) is 5.75 Å². The number of benzene rings is 2. The maximum atomic E-state index is 12.0. The third-order valence-electron chi connectivity index (χ3n) is 2.83. The Labute approximate surface area is 121 Å². The van der Waals surface area contributed by atoms with E-state index in [0.29, 0.717) is 28.5 Å². The van der Waals surface area contributed by atoms with Gasteiger partial charge in [-0.05, 0) is 36.2 Å². The Morgan fingerprint density at radius 3 is 2.47 bits per heavy atom. The van der Waals surface area contributed by atoms with Gasteiger partial charge in [0.2, 0.25) is 0 Å². The molecule has 0 radical (unpaired) electrons. The molecule has 0 saturated heterocycles. The summed E-state index contributed by atoms with van der Waals surface area (Å²) in [6, 6.07) is 11.8. The lowest BCUT2D eigenvalue weighted by molar-refractivity contribution is 0.0980. The van der Waals surface area contributed by atoms with Crippen molar-refractivity contribution in [3.63, 3.8) is 0 Å². The van der Waals surface area contributed by atoms with E-state index in [1.54, 1.807) is 30.3 Å². The van der Waals surface area contributed by atoms with Gasteiger partial charge in [0, 0.05) is 6.42 Å². The fourth-order valence-corrected chi connectivity index (χ4v) is 2.12. The van der Waals surface area contributed by atoms with Crippen molar-refractivity contribution >= 4 is 29.0 Å². The van der Waals surface area contributed by atoms with Crippen molar-refractivity contribution < 1.29 is 9.90 Å². The third kappa shape index (κ3) is 3.49. The molecule has 2 aromatic rings. The molecule has 4 heteroatoms. The highest BCUT2D eigenvalue weighted by Crippen LogP contribution is 2.24. The first-order valence-corrected chi connectivity index (χ1v) is 6.58. The zero-order chi connectivity index (χ0) is 13.8. The molecule has 0 unspecified atom stereocenters. The molecule has 0 saturated carbocycles. The summed E-state index contributed by atoms with van der Waals surface area (Å²) in [5, 5.41) is 10.6. The second kappa shape index (κ2) is 6.09. The number of para-hydroxylation sites is 1. The van der Waals surface area contributed by atoms with Gasteiger partial charge in [0.1, 0.15) is 5.75 Å². The number of hydrogen-bond acceptors (Lipinski definition) is 2. The van der Waals surface area contributed by atoms with E-state index in [1.807, 2.05) is 6.07 Å². The molecule has 0 spiro atoms. The third-order valence-corrected chi connectivity index (χ3v) is 3.57. The predicted octanol–water partition coefficient (Wildman–Crippen LogP) is 4.51. The van der Waals surface area contributed by atoms with Crippen LogP contribution in [0.1, 0.15) is 22.3 Å². The van der Waals surface area contributed by atoms with E-state index in [1.165, 1.54) is 6.07 Å². The quantitative estimate of drug-likeness (QED) is 0.842. The summed E-state index contributed by atoms with van der Waals surface area (Å²) in [5.74, 6) is -0.0780. The molecular weight excluding hydrogens is 283 g/mol. The van der Waals surface area contributed by atoms with E-state index in [0.717, 1.165) is 5.56 Å². The number of halogens is 2. The Hall–Kier alpha value is -1.51. The minimum atomic E-state index is -0.0934. The summed E-state index contributed by atoms with van der Waals surface area (Å²) in [6.45, 7) is 0. The van der Waals surface area contributed by atoms with E-state index >= 15 is 0 Å². The molecule has 19 heavy (non-hydrogen) atoms. The first kappa shape index (κ1) is 13.9. The van der Waals surface area contributed by atoms with Crippen LogP contribution in [0, 0.1) is 0 Å². The normalized spacial score (nSPS) is 10.4. The Balaban J connectivity index is 2.04. The fourth-order valence-electron chi connectivity index (χ4n) is 1.80. The van der Waals surface area contributed by atoms with Crippen LogP contribution in [0.3, 0.4) is 0 Å². The largest absolute Gasteiger partial charge is 0.507 e. The van der Waals surface area contributed by atoms with Gasteiger partial charge in [-0.25, -0.2) is 0 Å². The molecule has 98 valence electrons. The molecule has 2 aromatic carbocycles. The number of ketones is 1. The van der Waals surface area contributed by atoms with Gasteiger partial charge in [-0.2, -0.15) is 0 Å². The van der Waals surface area contributed by atoms with Crippen molar-refractivity contribution in [1.82, 2.24) is 0 Å². The molecule has 0 bridgehead atoms. The van der Waals surface area contributed by atoms with Gasteiger partial charge >= 0.3 is 0 Å². The monoisotopic (exact) mass is 294 g/mol. The number of phenols is 1. The van der Waals surface area contributed by atoms with Crippen molar-refractivity contribution in [2.24, 2.45) is 0 Å². The molecule has 0 aliphatic rings. The van der Waals surface area contributed by atoms with E-state index in [-0.39, 0.29) is 11.5 Å². The zero-order valence-electron chi connectivity index (χ0n) is 10.1. The lowest BCUT2D eigenvalue weighted by Gasteiger charge is -2.05. The minimum Gasteiger partial charge on any atom is -0.507 e. The number of hydrogen-bond donors (Lipinski definition) is 1. The van der Waals surface area contributed by atoms with Crippen LogP contribution in [-0.4, -0.2) is 10.9 Å². The van der Waals surface area contributed by atoms with Crippen LogP contribution < -0.4 is 0 Å². The Bertz CT molecular complexity index is 609. The van der Waals surface area contributed by atoms with Gasteiger partial charge in [0.05, 0.1) is 15.6 Å². The van der Waals surface area contributed by atoms with E-state index < -0.39 is 0 Å². The average molecular weight is 295 g/mol. The van der Waals surface area contributed by atoms with Gasteiger partial charge in [-0.15, -0.1) is 0 Å². The molecule has 2 rings (SSSR count). The highest BCUT2D eigenvalue weighted by atomic mass is 35.5. The first-order valence-electron chi connectivity index (χ1n) is 5.83. The summed E-state index contributed by atoms with van der Waals surface area (Å²) in [5.41, 5.74) is 1.29. The van der Waals surface area contributed by atoms with Gasteiger partial charge in [-0.3, -0.25) is 4.79 Å². The average Bonchev–Trinajstić information content (AvgIpc) is 2.40. The van der Waals surface area contributed by atoms with Crippen molar-refractivity contribution in [2.75, 3.05) is 0 Å². The molecule has 2 nitrogen and oxygen atoms in total. The fraction of sp³-hybridized carbons (Fsp3) is 0.133. The van der Waals surface area contributed by atoms with Gasteiger partial charge < -0.3 is 5.11 Å². The first-order chi connectivity index (χ1) is 9.08. The van der Waals surface area contributed by atoms with E-state index in [4.69, 9.17) is 23.2 Å². The molecule has 0 fully saturated rings. The van der Waals surface area contributed by atoms with Crippen LogP contribution >= 0.6 is 23.2 Å². The molecule has 0 aliphatic carbocycles. The maximum Gasteiger partial charge on any atom is 0.166 e. The summed E-state index contributed by atoms with van der Waals surface area (Å²) in [7, 11) is 0. The lowest BCUT2D eigenvalue weighted by atomic mass is 10.0. The second-order valence-electron chi connectivity index (χ2n) is 4.19. The highest BCUT2D eigenvalue weighted by Gasteiger charge is 2.10. The Morgan fingerprint density at radius 1 is 1.05 bits per heavy atom. The number of Topliss-reactive ketones (excluding diaryl/α,β-unsaturated/α-hetero) is 1. The minimum absolute atomic E-state index is 0.0154. The topological polar surface area (TPSA) is 37.3 Å².